The van der Waals surface area contributed by atoms with Gasteiger partial charge in [0.1, 0.15) is 0 Å². The molecule has 0 radical (unpaired) electrons. The number of aryl methyl sites for hydroxylation is 1. The van der Waals surface area contributed by atoms with Gasteiger partial charge in [0.15, 0.2) is 0 Å². The van der Waals surface area contributed by atoms with E-state index in [0.29, 0.717) is 5.41 Å². The van der Waals surface area contributed by atoms with Crippen molar-refractivity contribution < 1.29 is 0 Å². The standard InChI is InChI=1S/C12H15N/c1-8-3-4-11-10(5-8)12(7-13-11)6-9(12)2/h3-5,9,13H,6-7H2,1-2H3. The molecule has 1 aliphatic carbocycles. The van der Waals surface area contributed by atoms with Gasteiger partial charge in [-0.1, -0.05) is 24.6 Å². The van der Waals surface area contributed by atoms with Crippen LogP contribution in [0.4, 0.5) is 5.69 Å². The lowest BCUT2D eigenvalue weighted by Crippen LogP contribution is -2.11. The maximum atomic E-state index is 3.51. The maximum Gasteiger partial charge on any atom is 0.0379 e. The molecule has 1 saturated carbocycles. The minimum absolute atomic E-state index is 0.515. The summed E-state index contributed by atoms with van der Waals surface area (Å²) in [5, 5.41) is 3.51. The van der Waals surface area contributed by atoms with Gasteiger partial charge in [0, 0.05) is 17.6 Å². The maximum absolute atomic E-state index is 3.51. The van der Waals surface area contributed by atoms with Crippen LogP contribution >= 0.6 is 0 Å². The third-order valence-corrected chi connectivity index (χ3v) is 3.76. The van der Waals surface area contributed by atoms with Gasteiger partial charge in [0.25, 0.3) is 0 Å². The summed E-state index contributed by atoms with van der Waals surface area (Å²) in [6.07, 6.45) is 1.37. The Balaban J connectivity index is 2.15. The van der Waals surface area contributed by atoms with Crippen LogP contribution in [0.25, 0.3) is 0 Å². The van der Waals surface area contributed by atoms with E-state index < -0.39 is 0 Å². The molecule has 2 unspecified atom stereocenters. The molecule has 1 aromatic rings. The summed E-state index contributed by atoms with van der Waals surface area (Å²) in [5.74, 6) is 0.878. The van der Waals surface area contributed by atoms with Gasteiger partial charge in [-0.15, -0.1) is 0 Å². The van der Waals surface area contributed by atoms with E-state index in [1.54, 1.807) is 5.56 Å². The van der Waals surface area contributed by atoms with Crippen molar-refractivity contribution in [1.29, 1.82) is 0 Å². The molecule has 1 nitrogen and oxygen atoms in total. The zero-order valence-electron chi connectivity index (χ0n) is 8.22. The molecule has 0 aromatic heterocycles. The summed E-state index contributed by atoms with van der Waals surface area (Å²) < 4.78 is 0. The molecular weight excluding hydrogens is 158 g/mol. The average molecular weight is 173 g/mol. The topological polar surface area (TPSA) is 12.0 Å². The van der Waals surface area contributed by atoms with E-state index in [1.165, 1.54) is 17.7 Å². The zero-order chi connectivity index (χ0) is 9.05. The van der Waals surface area contributed by atoms with Gasteiger partial charge in [0.2, 0.25) is 0 Å². The van der Waals surface area contributed by atoms with E-state index in [9.17, 15) is 0 Å². The van der Waals surface area contributed by atoms with E-state index >= 15 is 0 Å². The lowest BCUT2D eigenvalue weighted by Gasteiger charge is -2.07. The van der Waals surface area contributed by atoms with Crippen molar-refractivity contribution in [3.8, 4) is 0 Å². The van der Waals surface area contributed by atoms with Gasteiger partial charge in [-0.2, -0.15) is 0 Å². The highest BCUT2D eigenvalue weighted by Gasteiger charge is 2.55. The van der Waals surface area contributed by atoms with Gasteiger partial charge >= 0.3 is 0 Å². The molecule has 1 aliphatic heterocycles. The van der Waals surface area contributed by atoms with Gasteiger partial charge in [-0.25, -0.2) is 0 Å². The predicted octanol–water partition coefficient (Wildman–Crippen LogP) is 2.70. The first-order valence-corrected chi connectivity index (χ1v) is 5.07. The molecule has 68 valence electrons. The Bertz CT molecular complexity index is 369. The summed E-state index contributed by atoms with van der Waals surface area (Å²) in [4.78, 5) is 0. The van der Waals surface area contributed by atoms with Crippen molar-refractivity contribution in [2.75, 3.05) is 11.9 Å². The van der Waals surface area contributed by atoms with Crippen LogP contribution in [0.3, 0.4) is 0 Å². The monoisotopic (exact) mass is 173 g/mol. The van der Waals surface area contributed by atoms with Crippen molar-refractivity contribution >= 4 is 5.69 Å². The summed E-state index contributed by atoms with van der Waals surface area (Å²) in [7, 11) is 0. The van der Waals surface area contributed by atoms with Crippen LogP contribution in [-0.2, 0) is 5.41 Å². The number of hydrogen-bond acceptors (Lipinski definition) is 1. The Hall–Kier alpha value is -0.980. The smallest absolute Gasteiger partial charge is 0.0379 e. The molecule has 0 amide bonds. The second-order valence-electron chi connectivity index (χ2n) is 4.66. The summed E-state index contributed by atoms with van der Waals surface area (Å²) in [5.41, 5.74) is 4.84. The Morgan fingerprint density at radius 3 is 2.92 bits per heavy atom. The molecule has 1 heteroatoms. The quantitative estimate of drug-likeness (QED) is 0.636. The number of hydrogen-bond donors (Lipinski definition) is 1. The van der Waals surface area contributed by atoms with Crippen LogP contribution in [0.15, 0.2) is 18.2 Å². The van der Waals surface area contributed by atoms with Crippen LogP contribution < -0.4 is 5.32 Å². The molecular formula is C12H15N. The summed E-state index contributed by atoms with van der Waals surface area (Å²) in [6, 6.07) is 6.78. The van der Waals surface area contributed by atoms with Crippen LogP contribution in [0.1, 0.15) is 24.5 Å². The first kappa shape index (κ1) is 7.43. The van der Waals surface area contributed by atoms with Crippen LogP contribution in [-0.4, -0.2) is 6.54 Å². The highest BCUT2D eigenvalue weighted by atomic mass is 15.0. The SMILES string of the molecule is Cc1ccc2c(c1)C1(CN2)CC1C. The number of nitrogens with one attached hydrogen (secondary N) is 1. The van der Waals surface area contributed by atoms with Crippen molar-refractivity contribution in [2.24, 2.45) is 5.92 Å². The second kappa shape index (κ2) is 2.09. The predicted molar refractivity (Wildman–Crippen MR) is 55.1 cm³/mol. The first-order chi connectivity index (χ1) is 6.22. The minimum Gasteiger partial charge on any atom is -0.384 e. The second-order valence-corrected chi connectivity index (χ2v) is 4.66. The lowest BCUT2D eigenvalue weighted by atomic mass is 9.95. The third-order valence-electron chi connectivity index (χ3n) is 3.76. The molecule has 2 aliphatic rings. The summed E-state index contributed by atoms with van der Waals surface area (Å²) >= 11 is 0. The van der Waals surface area contributed by atoms with E-state index in [1.807, 2.05) is 0 Å². The third kappa shape index (κ3) is 0.822. The normalized spacial score (nSPS) is 34.5. The molecule has 2 atom stereocenters. The fourth-order valence-corrected chi connectivity index (χ4v) is 2.68. The fraction of sp³-hybridized carbons (Fsp3) is 0.500. The number of anilines is 1. The van der Waals surface area contributed by atoms with Crippen LogP contribution in [0.2, 0.25) is 0 Å². The Morgan fingerprint density at radius 1 is 1.46 bits per heavy atom. The zero-order valence-corrected chi connectivity index (χ0v) is 8.22. The number of benzene rings is 1. The minimum atomic E-state index is 0.515. The first-order valence-electron chi connectivity index (χ1n) is 5.07. The molecule has 13 heavy (non-hydrogen) atoms. The van der Waals surface area contributed by atoms with Gasteiger partial charge < -0.3 is 5.32 Å². The molecule has 3 rings (SSSR count). The lowest BCUT2D eigenvalue weighted by molar-refractivity contribution is 0.695. The van der Waals surface area contributed by atoms with Gasteiger partial charge in [-0.05, 0) is 30.9 Å². The molecule has 0 bridgehead atoms. The highest BCUT2D eigenvalue weighted by Crippen LogP contribution is 2.58. The highest BCUT2D eigenvalue weighted by molar-refractivity contribution is 5.64. The van der Waals surface area contributed by atoms with Gasteiger partial charge in [0.05, 0.1) is 0 Å². The Kier molecular flexibility index (Phi) is 1.19. The molecule has 1 heterocycles. The van der Waals surface area contributed by atoms with Crippen LogP contribution in [0, 0.1) is 12.8 Å². The molecule has 1 aromatic carbocycles. The van der Waals surface area contributed by atoms with Crippen molar-refractivity contribution in [3.63, 3.8) is 0 Å². The Labute approximate surface area is 79.2 Å². The van der Waals surface area contributed by atoms with E-state index in [2.05, 4.69) is 37.4 Å². The van der Waals surface area contributed by atoms with Crippen molar-refractivity contribution in [3.05, 3.63) is 29.3 Å². The largest absolute Gasteiger partial charge is 0.384 e. The summed E-state index contributed by atoms with van der Waals surface area (Å²) in [6.45, 7) is 5.70. The Morgan fingerprint density at radius 2 is 2.23 bits per heavy atom. The molecule has 1 N–H and O–H groups in total. The van der Waals surface area contributed by atoms with E-state index in [4.69, 9.17) is 0 Å². The average Bonchev–Trinajstić information content (AvgIpc) is 2.61. The molecule has 1 spiro atoms. The van der Waals surface area contributed by atoms with E-state index in [0.717, 1.165) is 12.5 Å². The number of rotatable bonds is 0. The van der Waals surface area contributed by atoms with Gasteiger partial charge in [-0.3, -0.25) is 0 Å². The molecule has 0 saturated heterocycles. The van der Waals surface area contributed by atoms with Crippen LogP contribution in [0.5, 0.6) is 0 Å². The van der Waals surface area contributed by atoms with Crippen molar-refractivity contribution in [2.45, 2.75) is 25.7 Å². The van der Waals surface area contributed by atoms with E-state index in [-0.39, 0.29) is 0 Å². The number of fused-ring (bicyclic) bond motifs is 2. The fourth-order valence-electron chi connectivity index (χ4n) is 2.68. The van der Waals surface area contributed by atoms with Crippen molar-refractivity contribution in [1.82, 2.24) is 0 Å². The molecule has 1 fully saturated rings.